The lowest BCUT2D eigenvalue weighted by atomic mass is 10.0. The van der Waals surface area contributed by atoms with Crippen molar-refractivity contribution in [2.75, 3.05) is 23.3 Å². The summed E-state index contributed by atoms with van der Waals surface area (Å²) in [5.74, 6) is 0.423. The molecule has 0 bridgehead atoms. The van der Waals surface area contributed by atoms with Gasteiger partial charge in [0.05, 0.1) is 23.3 Å². The predicted molar refractivity (Wildman–Crippen MR) is 114 cm³/mol. The number of pyridine rings is 1. The first-order valence-electron chi connectivity index (χ1n) is 9.49. The fraction of sp³-hybridized carbons (Fsp3) is 0.182. The average Bonchev–Trinajstić information content (AvgIpc) is 2.78. The van der Waals surface area contributed by atoms with Crippen molar-refractivity contribution >= 4 is 27.3 Å². The fourth-order valence-corrected chi connectivity index (χ4v) is 4.51. The summed E-state index contributed by atoms with van der Waals surface area (Å²) in [7, 11) is -2.25. The summed E-state index contributed by atoms with van der Waals surface area (Å²) >= 11 is 0. The zero-order chi connectivity index (χ0) is 21.1. The van der Waals surface area contributed by atoms with E-state index in [4.69, 9.17) is 4.74 Å². The summed E-state index contributed by atoms with van der Waals surface area (Å²) in [5, 5.41) is 0. The molecule has 4 rings (SSSR count). The largest absolute Gasteiger partial charge is 0.497 e. The average molecular weight is 423 g/mol. The van der Waals surface area contributed by atoms with E-state index in [1.54, 1.807) is 47.5 Å². The Labute approximate surface area is 175 Å². The van der Waals surface area contributed by atoms with E-state index in [0.29, 0.717) is 29.2 Å². The van der Waals surface area contributed by atoms with Crippen LogP contribution in [0.25, 0.3) is 0 Å². The van der Waals surface area contributed by atoms with E-state index >= 15 is 0 Å². The third-order valence-electron chi connectivity index (χ3n) is 4.98. The van der Waals surface area contributed by atoms with Gasteiger partial charge in [-0.3, -0.25) is 14.5 Å². The number of sulfonamides is 1. The van der Waals surface area contributed by atoms with E-state index in [-0.39, 0.29) is 10.8 Å². The zero-order valence-corrected chi connectivity index (χ0v) is 17.2. The molecule has 2 heterocycles. The minimum absolute atomic E-state index is 0.129. The maximum atomic E-state index is 13.0. The highest BCUT2D eigenvalue weighted by atomic mass is 32.2. The van der Waals surface area contributed by atoms with Crippen molar-refractivity contribution in [3.63, 3.8) is 0 Å². The van der Waals surface area contributed by atoms with Crippen LogP contribution in [0.3, 0.4) is 0 Å². The fourth-order valence-electron chi connectivity index (χ4n) is 3.46. The maximum absolute atomic E-state index is 13.0. The molecule has 0 radical (unpaired) electrons. The molecule has 3 aromatic rings. The van der Waals surface area contributed by atoms with Crippen LogP contribution in [-0.4, -0.2) is 33.0 Å². The third kappa shape index (κ3) is 3.99. The number of hydrogen-bond donors (Lipinski definition) is 1. The van der Waals surface area contributed by atoms with Gasteiger partial charge in [0.2, 0.25) is 0 Å². The van der Waals surface area contributed by atoms with Crippen LogP contribution in [0, 0.1) is 0 Å². The second-order valence-electron chi connectivity index (χ2n) is 6.93. The van der Waals surface area contributed by atoms with E-state index in [1.807, 2.05) is 6.07 Å². The van der Waals surface area contributed by atoms with Crippen molar-refractivity contribution in [2.24, 2.45) is 0 Å². The summed E-state index contributed by atoms with van der Waals surface area (Å²) in [6, 6.07) is 14.9. The smallest absolute Gasteiger partial charge is 0.261 e. The molecule has 1 amide bonds. The minimum atomic E-state index is -3.77. The number of nitrogens with zero attached hydrogens (tertiary/aromatic N) is 2. The summed E-state index contributed by atoms with van der Waals surface area (Å²) < 4.78 is 33.2. The minimum Gasteiger partial charge on any atom is -0.497 e. The van der Waals surface area contributed by atoms with E-state index in [0.717, 1.165) is 18.4 Å². The zero-order valence-electron chi connectivity index (χ0n) is 16.4. The van der Waals surface area contributed by atoms with Crippen molar-refractivity contribution in [1.82, 2.24) is 4.98 Å². The molecule has 0 atom stereocenters. The molecule has 1 aromatic heterocycles. The van der Waals surface area contributed by atoms with Crippen LogP contribution in [-0.2, 0) is 16.4 Å². The molecule has 1 aliphatic rings. The van der Waals surface area contributed by atoms with Crippen molar-refractivity contribution in [2.45, 2.75) is 17.7 Å². The van der Waals surface area contributed by atoms with Crippen molar-refractivity contribution < 1.29 is 17.9 Å². The van der Waals surface area contributed by atoms with E-state index in [1.165, 1.54) is 25.4 Å². The van der Waals surface area contributed by atoms with Gasteiger partial charge in [-0.05, 0) is 66.9 Å². The Balaban J connectivity index is 1.63. The van der Waals surface area contributed by atoms with Crippen LogP contribution in [0.15, 0.2) is 71.9 Å². The quantitative estimate of drug-likeness (QED) is 0.679. The van der Waals surface area contributed by atoms with Crippen LogP contribution >= 0.6 is 0 Å². The SMILES string of the molecule is COc1ccc(S(=O)(=O)Nc2ccc3c(c2)N(C(=O)c2cccnc2)CCC3)cc1. The summed E-state index contributed by atoms with van der Waals surface area (Å²) in [6.45, 7) is 0.565. The van der Waals surface area contributed by atoms with Crippen LogP contribution in [0.2, 0.25) is 0 Å². The first kappa shape index (κ1) is 19.9. The van der Waals surface area contributed by atoms with Crippen LogP contribution in [0.1, 0.15) is 22.3 Å². The molecule has 1 aliphatic heterocycles. The number of nitrogens with one attached hydrogen (secondary N) is 1. The first-order chi connectivity index (χ1) is 14.5. The van der Waals surface area contributed by atoms with Gasteiger partial charge in [0.15, 0.2) is 0 Å². The Morgan fingerprint density at radius 3 is 2.63 bits per heavy atom. The van der Waals surface area contributed by atoms with E-state index in [9.17, 15) is 13.2 Å². The van der Waals surface area contributed by atoms with Crippen LogP contribution in [0.4, 0.5) is 11.4 Å². The highest BCUT2D eigenvalue weighted by molar-refractivity contribution is 7.92. The first-order valence-corrected chi connectivity index (χ1v) is 11.0. The molecule has 30 heavy (non-hydrogen) atoms. The number of aromatic nitrogens is 1. The van der Waals surface area contributed by atoms with Gasteiger partial charge in [0.25, 0.3) is 15.9 Å². The van der Waals surface area contributed by atoms with Gasteiger partial charge in [-0.15, -0.1) is 0 Å². The topological polar surface area (TPSA) is 88.6 Å². The highest BCUT2D eigenvalue weighted by Crippen LogP contribution is 2.32. The van der Waals surface area contributed by atoms with Gasteiger partial charge in [0.1, 0.15) is 5.75 Å². The lowest BCUT2D eigenvalue weighted by molar-refractivity contribution is 0.0985. The van der Waals surface area contributed by atoms with E-state index in [2.05, 4.69) is 9.71 Å². The van der Waals surface area contributed by atoms with Gasteiger partial charge in [-0.1, -0.05) is 6.07 Å². The molecule has 7 nitrogen and oxygen atoms in total. The number of aryl methyl sites for hydroxylation is 1. The number of fused-ring (bicyclic) bond motifs is 1. The maximum Gasteiger partial charge on any atom is 0.261 e. The molecule has 0 aliphatic carbocycles. The van der Waals surface area contributed by atoms with Crippen molar-refractivity contribution in [3.05, 3.63) is 78.1 Å². The lowest BCUT2D eigenvalue weighted by Crippen LogP contribution is -2.35. The van der Waals surface area contributed by atoms with E-state index < -0.39 is 10.0 Å². The van der Waals surface area contributed by atoms with Crippen LogP contribution in [0.5, 0.6) is 5.75 Å². The van der Waals surface area contributed by atoms with Gasteiger partial charge in [-0.25, -0.2) is 8.42 Å². The number of anilines is 2. The number of ether oxygens (including phenoxy) is 1. The monoisotopic (exact) mass is 423 g/mol. The molecule has 0 fully saturated rings. The molecule has 154 valence electrons. The highest BCUT2D eigenvalue weighted by Gasteiger charge is 2.25. The Morgan fingerprint density at radius 2 is 1.93 bits per heavy atom. The third-order valence-corrected chi connectivity index (χ3v) is 6.38. The number of hydrogen-bond acceptors (Lipinski definition) is 5. The Bertz CT molecular complexity index is 1160. The number of methoxy groups -OCH3 is 1. The Hall–Kier alpha value is -3.39. The van der Waals surface area contributed by atoms with Crippen LogP contribution < -0.4 is 14.4 Å². The molecular weight excluding hydrogens is 402 g/mol. The molecule has 0 spiro atoms. The van der Waals surface area contributed by atoms with Gasteiger partial charge in [-0.2, -0.15) is 0 Å². The number of amides is 1. The predicted octanol–water partition coefficient (Wildman–Crippen LogP) is 3.48. The number of carbonyl (C=O) groups excluding carboxylic acids is 1. The molecule has 1 N–H and O–H groups in total. The summed E-state index contributed by atoms with van der Waals surface area (Å²) in [6.07, 6.45) is 4.83. The Kier molecular flexibility index (Phi) is 5.41. The number of carbonyl (C=O) groups is 1. The molecule has 0 saturated heterocycles. The lowest BCUT2D eigenvalue weighted by Gasteiger charge is -2.30. The second kappa shape index (κ2) is 8.16. The van der Waals surface area contributed by atoms with Crippen molar-refractivity contribution in [3.8, 4) is 5.75 Å². The van der Waals surface area contributed by atoms with Gasteiger partial charge >= 0.3 is 0 Å². The Morgan fingerprint density at radius 1 is 1.13 bits per heavy atom. The summed E-state index contributed by atoms with van der Waals surface area (Å²) in [5.41, 5.74) is 2.61. The number of rotatable bonds is 5. The molecule has 0 unspecified atom stereocenters. The standard InChI is InChI=1S/C22H21N3O4S/c1-29-19-8-10-20(11-9-19)30(27,28)24-18-7-6-16-5-3-13-25(21(16)14-18)22(26)17-4-2-12-23-15-17/h2,4,6-12,14-15,24H,3,5,13H2,1H3. The van der Waals surface area contributed by atoms with Gasteiger partial charge in [0, 0.05) is 24.6 Å². The second-order valence-corrected chi connectivity index (χ2v) is 8.61. The van der Waals surface area contributed by atoms with Gasteiger partial charge < -0.3 is 9.64 Å². The molecule has 0 saturated carbocycles. The molecule has 8 heteroatoms. The normalized spacial score (nSPS) is 13.4. The molecular formula is C22H21N3O4S. The molecule has 2 aromatic carbocycles. The number of benzene rings is 2. The summed E-state index contributed by atoms with van der Waals surface area (Å²) in [4.78, 5) is 18.8. The van der Waals surface area contributed by atoms with Crippen molar-refractivity contribution in [1.29, 1.82) is 0 Å².